The number of hydrogen-bond acceptors (Lipinski definition) is 6. The van der Waals surface area contributed by atoms with Crippen LogP contribution < -0.4 is 0 Å². The molecule has 5 heterocycles. The van der Waals surface area contributed by atoms with E-state index in [1.807, 2.05) is 24.3 Å². The summed E-state index contributed by atoms with van der Waals surface area (Å²) in [5.41, 5.74) is 19.0. The van der Waals surface area contributed by atoms with Gasteiger partial charge in [-0.1, -0.05) is 131 Å². The zero-order valence-electron chi connectivity index (χ0n) is 35.8. The number of hydrogen-bond donors (Lipinski definition) is 2. The highest BCUT2D eigenvalue weighted by atomic mass is 32.2. The number of carbonyl (C=O) groups is 2. The number of aromatic amines is 2. The minimum Gasteiger partial charge on any atom is -0.354 e. The molecule has 0 amide bonds. The minimum atomic E-state index is 0.0553. The van der Waals surface area contributed by atoms with Gasteiger partial charge in [-0.3, -0.25) is 9.59 Å². The summed E-state index contributed by atoms with van der Waals surface area (Å²) in [4.78, 5) is 41.4. The molecule has 2 aliphatic rings. The Morgan fingerprint density at radius 3 is 1.00 bits per heavy atom. The Bertz CT molecular complexity index is 3110. The molecule has 0 atom stereocenters. The fourth-order valence-corrected chi connectivity index (χ4v) is 8.55. The standard InChI is InChI=1S/C56H42N4O2S2/c1-35-9-17-41(18-10-35)53-45-25-29-49(57-45)55(43-21-13-39(14-22-43)7-5-33-63-37(3)61)51-31-27-47(59-51)54(42-19-11-36(2)12-20-42)48-28-32-52(60-48)56(50-30-26-46(53)58-50)44-23-15-40(16-24-44)8-6-34-64-38(4)62/h9-32,57,60H,33-34H2,1-4H3. The summed E-state index contributed by atoms with van der Waals surface area (Å²) in [6.45, 7) is 7.31. The first kappa shape index (κ1) is 42.0. The lowest BCUT2D eigenvalue weighted by Gasteiger charge is -2.07. The highest BCUT2D eigenvalue weighted by molar-refractivity contribution is 8.14. The van der Waals surface area contributed by atoms with Crippen LogP contribution in [0.3, 0.4) is 0 Å². The monoisotopic (exact) mass is 866 g/mol. The van der Waals surface area contributed by atoms with Crippen LogP contribution in [0.5, 0.6) is 0 Å². The van der Waals surface area contributed by atoms with E-state index in [9.17, 15) is 9.59 Å². The molecule has 3 aromatic heterocycles. The van der Waals surface area contributed by atoms with E-state index in [0.717, 1.165) is 100 Å². The van der Waals surface area contributed by atoms with Gasteiger partial charge in [0.1, 0.15) is 0 Å². The first-order chi connectivity index (χ1) is 31.2. The Labute approximate surface area is 381 Å². The van der Waals surface area contributed by atoms with Gasteiger partial charge in [0.05, 0.1) is 34.3 Å². The molecule has 0 fully saturated rings. The average molecular weight is 867 g/mol. The van der Waals surface area contributed by atoms with Gasteiger partial charge in [-0.25, -0.2) is 9.97 Å². The molecule has 8 bridgehead atoms. The molecule has 0 radical (unpaired) electrons. The second kappa shape index (κ2) is 18.5. The summed E-state index contributed by atoms with van der Waals surface area (Å²) in [5, 5.41) is 0.111. The minimum absolute atomic E-state index is 0.0553. The molecule has 0 saturated heterocycles. The maximum absolute atomic E-state index is 11.5. The largest absolute Gasteiger partial charge is 0.354 e. The average Bonchev–Trinajstić information content (AvgIpc) is 4.14. The van der Waals surface area contributed by atoms with Crippen LogP contribution >= 0.6 is 23.5 Å². The third-order valence-electron chi connectivity index (χ3n) is 10.9. The molecule has 0 saturated carbocycles. The van der Waals surface area contributed by atoms with Gasteiger partial charge in [0.2, 0.25) is 0 Å². The van der Waals surface area contributed by atoms with Crippen LogP contribution in [0.4, 0.5) is 0 Å². The molecule has 8 heteroatoms. The van der Waals surface area contributed by atoms with Crippen molar-refractivity contribution in [1.82, 2.24) is 19.9 Å². The number of fused-ring (bicyclic) bond motifs is 8. The number of nitrogens with one attached hydrogen (secondary N) is 2. The Hall–Kier alpha value is -7.36. The van der Waals surface area contributed by atoms with Crippen molar-refractivity contribution >= 4 is 80.1 Å². The smallest absolute Gasteiger partial charge is 0.186 e. The van der Waals surface area contributed by atoms with Crippen molar-refractivity contribution in [2.75, 3.05) is 11.5 Å². The van der Waals surface area contributed by atoms with Crippen LogP contribution in [-0.4, -0.2) is 41.7 Å². The number of benzene rings is 4. The second-order valence-electron chi connectivity index (χ2n) is 15.6. The predicted octanol–water partition coefficient (Wildman–Crippen LogP) is 13.2. The van der Waals surface area contributed by atoms with Gasteiger partial charge >= 0.3 is 0 Å². The molecule has 7 aromatic rings. The van der Waals surface area contributed by atoms with Gasteiger partial charge in [-0.05, 0) is 109 Å². The van der Waals surface area contributed by atoms with Gasteiger partial charge in [0, 0.05) is 69.3 Å². The van der Waals surface area contributed by atoms with Gasteiger partial charge < -0.3 is 9.97 Å². The maximum atomic E-state index is 11.5. The number of aromatic nitrogens is 4. The van der Waals surface area contributed by atoms with Crippen molar-refractivity contribution < 1.29 is 9.59 Å². The fraction of sp³-hybridized carbons (Fsp3) is 0.107. The normalized spacial score (nSPS) is 11.4. The predicted molar refractivity (Wildman–Crippen MR) is 270 cm³/mol. The van der Waals surface area contributed by atoms with Gasteiger partial charge in [0.15, 0.2) is 10.2 Å². The number of aryl methyl sites for hydroxylation is 2. The molecular weight excluding hydrogens is 825 g/mol. The second-order valence-corrected chi connectivity index (χ2v) is 17.9. The molecule has 0 unspecified atom stereocenters. The van der Waals surface area contributed by atoms with Crippen LogP contribution in [-0.2, 0) is 9.59 Å². The molecule has 0 spiro atoms. The topological polar surface area (TPSA) is 91.5 Å². The summed E-state index contributed by atoms with van der Waals surface area (Å²) in [6.07, 6.45) is 8.41. The van der Waals surface area contributed by atoms with Crippen LogP contribution in [0.15, 0.2) is 121 Å². The molecule has 9 rings (SSSR count). The number of nitrogens with zero attached hydrogens (tertiary/aromatic N) is 2. The zero-order chi connectivity index (χ0) is 44.2. The van der Waals surface area contributed by atoms with Gasteiger partial charge in [-0.15, -0.1) is 0 Å². The third-order valence-corrected chi connectivity index (χ3v) is 12.3. The summed E-state index contributed by atoms with van der Waals surface area (Å²) >= 11 is 2.42. The van der Waals surface area contributed by atoms with E-state index < -0.39 is 0 Å². The molecule has 0 aliphatic carbocycles. The highest BCUT2D eigenvalue weighted by Crippen LogP contribution is 2.38. The van der Waals surface area contributed by atoms with E-state index in [-0.39, 0.29) is 10.2 Å². The Kier molecular flexibility index (Phi) is 12.2. The molecular formula is C56H42N4O2S2. The van der Waals surface area contributed by atoms with Gasteiger partial charge in [-0.2, -0.15) is 0 Å². The van der Waals surface area contributed by atoms with Crippen molar-refractivity contribution in [3.63, 3.8) is 0 Å². The SMILES string of the molecule is CC(=O)SCC#Cc1ccc(-c2c3nc(c(-c4ccc(C)cc4)c4ccc([nH]4)c(-c4ccc(C#CCSC(C)=O)cc4)c4nc(c(-c5ccc(C)cc5)c5ccc2[nH]5)C=C4)C=C3)cc1. The van der Waals surface area contributed by atoms with E-state index >= 15 is 0 Å². The van der Waals surface area contributed by atoms with Crippen LogP contribution in [0.1, 0.15) is 58.9 Å². The third kappa shape index (κ3) is 9.21. The fourth-order valence-electron chi connectivity index (χ4n) is 7.85. The van der Waals surface area contributed by atoms with Crippen molar-refractivity contribution in [3.8, 4) is 68.2 Å². The Balaban J connectivity index is 1.33. The number of rotatable bonds is 6. The van der Waals surface area contributed by atoms with E-state index in [2.05, 4.69) is 169 Å². The van der Waals surface area contributed by atoms with E-state index in [0.29, 0.717) is 11.5 Å². The van der Waals surface area contributed by atoms with Crippen LogP contribution in [0.2, 0.25) is 0 Å². The Morgan fingerprint density at radius 1 is 0.438 bits per heavy atom. The maximum Gasteiger partial charge on any atom is 0.186 e. The number of carbonyl (C=O) groups excluding carboxylic acids is 2. The molecule has 2 aliphatic heterocycles. The zero-order valence-corrected chi connectivity index (χ0v) is 37.4. The molecule has 64 heavy (non-hydrogen) atoms. The van der Waals surface area contributed by atoms with Crippen molar-refractivity contribution in [1.29, 1.82) is 0 Å². The molecule has 310 valence electrons. The quantitative estimate of drug-likeness (QED) is 0.162. The van der Waals surface area contributed by atoms with Gasteiger partial charge in [0.25, 0.3) is 0 Å². The van der Waals surface area contributed by atoms with Crippen molar-refractivity contribution in [2.45, 2.75) is 27.7 Å². The van der Waals surface area contributed by atoms with E-state index in [4.69, 9.17) is 9.97 Å². The summed E-state index contributed by atoms with van der Waals surface area (Å²) in [5.74, 6) is 13.5. The molecule has 4 aromatic carbocycles. The number of H-pyrrole nitrogens is 2. The van der Waals surface area contributed by atoms with Crippen LogP contribution in [0, 0.1) is 37.5 Å². The number of thioether (sulfide) groups is 2. The summed E-state index contributed by atoms with van der Waals surface area (Å²) in [7, 11) is 0. The first-order valence-corrected chi connectivity index (χ1v) is 22.9. The summed E-state index contributed by atoms with van der Waals surface area (Å²) < 4.78 is 0. The highest BCUT2D eigenvalue weighted by Gasteiger charge is 2.19. The van der Waals surface area contributed by atoms with E-state index in [1.165, 1.54) is 34.7 Å². The molecule has 2 N–H and O–H groups in total. The van der Waals surface area contributed by atoms with Crippen molar-refractivity contribution in [3.05, 3.63) is 166 Å². The lowest BCUT2D eigenvalue weighted by molar-refractivity contribution is -0.109. The summed E-state index contributed by atoms with van der Waals surface area (Å²) in [6, 6.07) is 42.1. The first-order valence-electron chi connectivity index (χ1n) is 20.9. The lowest BCUT2D eigenvalue weighted by atomic mass is 10.0. The molecule has 6 nitrogen and oxygen atoms in total. The van der Waals surface area contributed by atoms with E-state index in [1.54, 1.807) is 13.8 Å². The van der Waals surface area contributed by atoms with Crippen LogP contribution in [0.25, 0.3) is 90.9 Å². The van der Waals surface area contributed by atoms with Crippen molar-refractivity contribution in [2.24, 2.45) is 0 Å². The Morgan fingerprint density at radius 2 is 0.719 bits per heavy atom. The lowest BCUT2D eigenvalue weighted by Crippen LogP contribution is -1.90.